The van der Waals surface area contributed by atoms with Crippen molar-refractivity contribution in [1.82, 2.24) is 0 Å². The first kappa shape index (κ1) is 72.8. The van der Waals surface area contributed by atoms with Gasteiger partial charge in [-0.05, 0) is 89.9 Å². The van der Waals surface area contributed by atoms with Crippen LogP contribution in [0, 0.1) is 0 Å². The number of carbonyl (C=O) groups excluding carboxylic acids is 3. The summed E-state index contributed by atoms with van der Waals surface area (Å²) in [5.74, 6) is -0.882. The van der Waals surface area contributed by atoms with Gasteiger partial charge in [0.05, 0.1) is 0 Å². The maximum Gasteiger partial charge on any atom is 0.306 e. The zero-order valence-corrected chi connectivity index (χ0v) is 50.5. The van der Waals surface area contributed by atoms with Crippen molar-refractivity contribution in [3.05, 3.63) is 72.9 Å². The molecular formula is C70H124O6. The molecule has 0 aromatic rings. The molecule has 0 spiro atoms. The van der Waals surface area contributed by atoms with Gasteiger partial charge in [-0.3, -0.25) is 14.4 Å². The van der Waals surface area contributed by atoms with Crippen LogP contribution in [-0.2, 0) is 28.6 Å². The maximum atomic E-state index is 12.9. The number of esters is 3. The molecule has 0 aromatic carbocycles. The van der Waals surface area contributed by atoms with Crippen LogP contribution in [-0.4, -0.2) is 37.2 Å². The molecule has 440 valence electrons. The molecule has 0 heterocycles. The summed E-state index contributed by atoms with van der Waals surface area (Å²) in [7, 11) is 0. The molecule has 6 nitrogen and oxygen atoms in total. The molecule has 0 fully saturated rings. The first-order valence-electron chi connectivity index (χ1n) is 32.9. The molecule has 0 amide bonds. The third-order valence-electron chi connectivity index (χ3n) is 14.4. The van der Waals surface area contributed by atoms with Crippen molar-refractivity contribution < 1.29 is 28.6 Å². The van der Waals surface area contributed by atoms with Crippen LogP contribution in [0.4, 0.5) is 0 Å². The van der Waals surface area contributed by atoms with E-state index in [1.54, 1.807) is 0 Å². The second-order valence-electron chi connectivity index (χ2n) is 22.0. The highest BCUT2D eigenvalue weighted by molar-refractivity contribution is 5.71. The van der Waals surface area contributed by atoms with Crippen LogP contribution in [0.5, 0.6) is 0 Å². The van der Waals surface area contributed by atoms with Gasteiger partial charge in [0.1, 0.15) is 13.2 Å². The van der Waals surface area contributed by atoms with Gasteiger partial charge in [-0.15, -0.1) is 0 Å². The van der Waals surface area contributed by atoms with E-state index in [-0.39, 0.29) is 31.1 Å². The quantitative estimate of drug-likeness (QED) is 0.0261. The monoisotopic (exact) mass is 1060 g/mol. The zero-order valence-electron chi connectivity index (χ0n) is 50.5. The molecule has 0 aliphatic heterocycles. The molecule has 0 aliphatic carbocycles. The molecule has 0 aliphatic rings. The van der Waals surface area contributed by atoms with E-state index in [9.17, 15) is 14.4 Å². The topological polar surface area (TPSA) is 78.9 Å². The first-order valence-corrected chi connectivity index (χ1v) is 32.9. The summed E-state index contributed by atoms with van der Waals surface area (Å²) in [4.78, 5) is 38.1. The molecule has 76 heavy (non-hydrogen) atoms. The van der Waals surface area contributed by atoms with Gasteiger partial charge in [0.25, 0.3) is 0 Å². The summed E-state index contributed by atoms with van der Waals surface area (Å²) in [6, 6.07) is 0. The molecule has 0 N–H and O–H groups in total. The van der Waals surface area contributed by atoms with Gasteiger partial charge in [0, 0.05) is 19.3 Å². The third kappa shape index (κ3) is 61.7. The molecule has 6 heteroatoms. The summed E-state index contributed by atoms with van der Waals surface area (Å²) >= 11 is 0. The molecule has 0 rings (SSSR count). The van der Waals surface area contributed by atoms with Crippen LogP contribution in [0.25, 0.3) is 0 Å². The largest absolute Gasteiger partial charge is 0.462 e. The zero-order chi connectivity index (χ0) is 55.0. The van der Waals surface area contributed by atoms with Crippen LogP contribution >= 0.6 is 0 Å². The number of carbonyl (C=O) groups is 3. The van der Waals surface area contributed by atoms with Gasteiger partial charge >= 0.3 is 17.9 Å². The standard InChI is InChI=1S/C70H124O6/c1-4-7-10-13-16-19-21-23-25-27-29-30-31-32-33-34-35-36-37-38-39-40-42-43-45-47-49-51-54-57-60-63-69(72)75-66-67(65-74-68(71)62-59-56-53-18-15-12-9-6-3)76-70(73)64-61-58-55-52-50-48-46-44-41-28-26-24-22-20-17-14-11-8-5-2/h8,11,17,20-21,23-24,26-27,29,41,44,67H,4-7,9-10,12-16,18-19,22,25,28,30-40,42-43,45-66H2,1-3H3/b11-8-,20-17-,23-21-,26-24-,29-27-,44-41-. The molecule has 0 radical (unpaired) electrons. The molecule has 0 bridgehead atoms. The van der Waals surface area contributed by atoms with E-state index >= 15 is 0 Å². The first-order chi connectivity index (χ1) is 37.5. The van der Waals surface area contributed by atoms with Gasteiger partial charge in [0.2, 0.25) is 0 Å². The van der Waals surface area contributed by atoms with Gasteiger partial charge in [0.15, 0.2) is 6.10 Å². The number of hydrogen-bond acceptors (Lipinski definition) is 6. The SMILES string of the molecule is CC/C=C\C/C=C\C/C=C\C/C=C\CCCCCCCCC(=O)OC(COC(=O)CCCCCCCCCC)COC(=O)CCCCCCCCCCCCCCCCCCCCC/C=C\C/C=C\CCCCCCC. The number of hydrogen-bond donors (Lipinski definition) is 0. The highest BCUT2D eigenvalue weighted by Gasteiger charge is 2.19. The van der Waals surface area contributed by atoms with Crippen molar-refractivity contribution in [2.24, 2.45) is 0 Å². The van der Waals surface area contributed by atoms with Gasteiger partial charge in [-0.25, -0.2) is 0 Å². The summed E-state index contributed by atoms with van der Waals surface area (Å²) in [6.45, 7) is 6.51. The molecule has 1 unspecified atom stereocenters. The van der Waals surface area contributed by atoms with Crippen LogP contribution in [0.1, 0.15) is 335 Å². The molecule has 0 aromatic heterocycles. The molecule has 0 saturated heterocycles. The minimum Gasteiger partial charge on any atom is -0.462 e. The number of rotatable bonds is 60. The second-order valence-corrected chi connectivity index (χ2v) is 22.0. The lowest BCUT2D eigenvalue weighted by molar-refractivity contribution is -0.167. The fourth-order valence-corrected chi connectivity index (χ4v) is 9.53. The van der Waals surface area contributed by atoms with Crippen molar-refractivity contribution in [1.29, 1.82) is 0 Å². The Labute approximate surface area is 472 Å². The van der Waals surface area contributed by atoms with Gasteiger partial charge in [-0.2, -0.15) is 0 Å². The van der Waals surface area contributed by atoms with E-state index in [1.807, 2.05) is 0 Å². The van der Waals surface area contributed by atoms with E-state index in [1.165, 1.54) is 193 Å². The number of unbranched alkanes of at least 4 members (excludes halogenated alkanes) is 37. The van der Waals surface area contributed by atoms with Crippen molar-refractivity contribution in [2.45, 2.75) is 341 Å². The Hall–Kier alpha value is -3.15. The number of ether oxygens (including phenoxy) is 3. The smallest absolute Gasteiger partial charge is 0.306 e. The Morgan fingerprint density at radius 2 is 0.513 bits per heavy atom. The lowest BCUT2D eigenvalue weighted by Crippen LogP contribution is -2.30. The second kappa shape index (κ2) is 64.4. The summed E-state index contributed by atoms with van der Waals surface area (Å²) in [5.41, 5.74) is 0. The van der Waals surface area contributed by atoms with Crippen LogP contribution in [0.15, 0.2) is 72.9 Å². The number of allylic oxidation sites excluding steroid dienone is 12. The highest BCUT2D eigenvalue weighted by Crippen LogP contribution is 2.17. The Bertz CT molecular complexity index is 1400. The molecule has 0 saturated carbocycles. The van der Waals surface area contributed by atoms with Crippen molar-refractivity contribution in [3.63, 3.8) is 0 Å². The highest BCUT2D eigenvalue weighted by atomic mass is 16.6. The maximum absolute atomic E-state index is 12.9. The minimum absolute atomic E-state index is 0.0777. The lowest BCUT2D eigenvalue weighted by Gasteiger charge is -2.18. The van der Waals surface area contributed by atoms with Crippen LogP contribution in [0.2, 0.25) is 0 Å². The molecule has 1 atom stereocenters. The summed E-state index contributed by atoms with van der Waals surface area (Å²) in [6.07, 6.45) is 83.7. The van der Waals surface area contributed by atoms with E-state index in [2.05, 4.69) is 93.7 Å². The molecular weight excluding hydrogens is 937 g/mol. The third-order valence-corrected chi connectivity index (χ3v) is 14.4. The Morgan fingerprint density at radius 3 is 0.803 bits per heavy atom. The summed E-state index contributed by atoms with van der Waals surface area (Å²) in [5, 5.41) is 0. The van der Waals surface area contributed by atoms with Crippen LogP contribution in [0.3, 0.4) is 0 Å². The Kier molecular flexibility index (Phi) is 61.7. The van der Waals surface area contributed by atoms with Crippen molar-refractivity contribution in [2.75, 3.05) is 13.2 Å². The van der Waals surface area contributed by atoms with E-state index in [0.717, 1.165) is 103 Å². The Morgan fingerprint density at radius 1 is 0.276 bits per heavy atom. The van der Waals surface area contributed by atoms with E-state index in [0.29, 0.717) is 19.3 Å². The minimum atomic E-state index is -0.780. The predicted molar refractivity (Wildman–Crippen MR) is 330 cm³/mol. The fourth-order valence-electron chi connectivity index (χ4n) is 9.53. The summed E-state index contributed by atoms with van der Waals surface area (Å²) < 4.78 is 16.9. The van der Waals surface area contributed by atoms with E-state index in [4.69, 9.17) is 14.2 Å². The average Bonchev–Trinajstić information content (AvgIpc) is 3.42. The Balaban J connectivity index is 4.08. The predicted octanol–water partition coefficient (Wildman–Crippen LogP) is 22.5. The normalized spacial score (nSPS) is 12.5. The van der Waals surface area contributed by atoms with Crippen LogP contribution < -0.4 is 0 Å². The van der Waals surface area contributed by atoms with Gasteiger partial charge < -0.3 is 14.2 Å². The fraction of sp³-hybridized carbons (Fsp3) is 0.786. The van der Waals surface area contributed by atoms with Crippen molar-refractivity contribution in [3.8, 4) is 0 Å². The lowest BCUT2D eigenvalue weighted by atomic mass is 10.0. The van der Waals surface area contributed by atoms with Crippen molar-refractivity contribution >= 4 is 17.9 Å². The van der Waals surface area contributed by atoms with E-state index < -0.39 is 6.10 Å². The average molecular weight is 1060 g/mol. The van der Waals surface area contributed by atoms with Gasteiger partial charge in [-0.1, -0.05) is 299 Å².